The molecular weight excluding hydrogens is 358 g/mol. The predicted molar refractivity (Wildman–Crippen MR) is 98.9 cm³/mol. The largest absolute Gasteiger partial charge is 0.351 e. The molecule has 3 rings (SSSR count). The zero-order valence-electron chi connectivity index (χ0n) is 14.0. The number of sulfone groups is 1. The second kappa shape index (κ2) is 6.81. The first-order chi connectivity index (χ1) is 11.8. The van der Waals surface area contributed by atoms with E-state index in [1.807, 2.05) is 18.2 Å². The number of rotatable bonds is 5. The van der Waals surface area contributed by atoms with E-state index in [2.05, 4.69) is 17.4 Å². The number of hydrogen-bond donors (Lipinski definition) is 1. The molecule has 0 spiro atoms. The molecule has 1 N–H and O–H groups in total. The first-order valence-corrected chi connectivity index (χ1v) is 10.4. The van der Waals surface area contributed by atoms with E-state index in [1.165, 1.54) is 17.7 Å². The van der Waals surface area contributed by atoms with Crippen LogP contribution in [0.4, 0.5) is 0 Å². The molecule has 1 saturated carbocycles. The van der Waals surface area contributed by atoms with Crippen LogP contribution in [0.3, 0.4) is 0 Å². The third-order valence-corrected chi connectivity index (χ3v) is 6.46. The molecule has 0 aromatic heterocycles. The molecule has 25 heavy (non-hydrogen) atoms. The number of hydrogen-bond acceptors (Lipinski definition) is 3. The highest BCUT2D eigenvalue weighted by molar-refractivity contribution is 7.90. The first kappa shape index (κ1) is 18.0. The molecule has 0 atom stereocenters. The molecule has 6 heteroatoms. The Morgan fingerprint density at radius 2 is 1.84 bits per heavy atom. The Balaban J connectivity index is 1.77. The SMILES string of the molecule is CS(=O)(=O)c1cc(C(=O)NCC2(c3ccccc3)CCC2)ccc1Cl. The summed E-state index contributed by atoms with van der Waals surface area (Å²) in [6.07, 6.45) is 4.29. The van der Waals surface area contributed by atoms with Gasteiger partial charge in [-0.1, -0.05) is 48.4 Å². The minimum Gasteiger partial charge on any atom is -0.351 e. The number of carbonyl (C=O) groups is 1. The van der Waals surface area contributed by atoms with Crippen LogP contribution < -0.4 is 5.32 Å². The zero-order chi connectivity index (χ0) is 18.1. The fourth-order valence-corrected chi connectivity index (χ4v) is 4.54. The van der Waals surface area contributed by atoms with Gasteiger partial charge in [-0.05, 0) is 36.6 Å². The minimum atomic E-state index is -3.48. The van der Waals surface area contributed by atoms with Crippen LogP contribution in [0.15, 0.2) is 53.4 Å². The Kier molecular flexibility index (Phi) is 4.89. The molecular formula is C19H20ClNO3S. The molecule has 4 nitrogen and oxygen atoms in total. The number of amides is 1. The molecule has 1 aliphatic carbocycles. The summed E-state index contributed by atoms with van der Waals surface area (Å²) in [6, 6.07) is 14.5. The molecule has 0 heterocycles. The third-order valence-electron chi connectivity index (χ3n) is 4.88. The van der Waals surface area contributed by atoms with Crippen molar-refractivity contribution in [3.05, 3.63) is 64.7 Å². The van der Waals surface area contributed by atoms with E-state index in [9.17, 15) is 13.2 Å². The lowest BCUT2D eigenvalue weighted by molar-refractivity contribution is 0.0927. The van der Waals surface area contributed by atoms with Gasteiger partial charge >= 0.3 is 0 Å². The summed E-state index contributed by atoms with van der Waals surface area (Å²) in [5, 5.41) is 3.09. The smallest absolute Gasteiger partial charge is 0.251 e. The quantitative estimate of drug-likeness (QED) is 0.865. The van der Waals surface area contributed by atoms with Crippen LogP contribution in [-0.2, 0) is 15.3 Å². The summed E-state index contributed by atoms with van der Waals surface area (Å²) >= 11 is 5.94. The monoisotopic (exact) mass is 377 g/mol. The van der Waals surface area contributed by atoms with Gasteiger partial charge in [-0.15, -0.1) is 0 Å². The van der Waals surface area contributed by atoms with Gasteiger partial charge in [-0.2, -0.15) is 0 Å². The third kappa shape index (κ3) is 3.72. The van der Waals surface area contributed by atoms with Crippen molar-refractivity contribution in [2.45, 2.75) is 29.6 Å². The van der Waals surface area contributed by atoms with Crippen molar-refractivity contribution >= 4 is 27.3 Å². The van der Waals surface area contributed by atoms with E-state index in [1.54, 1.807) is 6.07 Å². The van der Waals surface area contributed by atoms with Gasteiger partial charge in [0.2, 0.25) is 0 Å². The fraction of sp³-hybridized carbons (Fsp3) is 0.316. The van der Waals surface area contributed by atoms with Crippen LogP contribution in [0.1, 0.15) is 35.2 Å². The lowest BCUT2D eigenvalue weighted by atomic mass is 9.64. The highest BCUT2D eigenvalue weighted by Crippen LogP contribution is 2.43. The number of halogens is 1. The van der Waals surface area contributed by atoms with Crippen molar-refractivity contribution < 1.29 is 13.2 Å². The van der Waals surface area contributed by atoms with E-state index in [4.69, 9.17) is 11.6 Å². The minimum absolute atomic E-state index is 0.0248. The standard InChI is InChI=1S/C19H20ClNO3S/c1-25(23,24)17-12-14(8-9-16(17)20)18(22)21-13-19(10-5-11-19)15-6-3-2-4-7-15/h2-4,6-9,12H,5,10-11,13H2,1H3,(H,21,22). The van der Waals surface area contributed by atoms with E-state index in [0.29, 0.717) is 12.1 Å². The molecule has 0 saturated heterocycles. The molecule has 132 valence electrons. The van der Waals surface area contributed by atoms with Gasteiger partial charge in [-0.25, -0.2) is 8.42 Å². The van der Waals surface area contributed by atoms with Crippen LogP contribution in [0.5, 0.6) is 0 Å². The molecule has 2 aromatic carbocycles. The summed E-state index contributed by atoms with van der Waals surface area (Å²) in [5.74, 6) is -0.288. The van der Waals surface area contributed by atoms with Crippen LogP contribution in [0.2, 0.25) is 5.02 Å². The summed E-state index contributed by atoms with van der Waals surface area (Å²) < 4.78 is 23.5. The second-order valence-electron chi connectivity index (χ2n) is 6.60. The average molecular weight is 378 g/mol. The second-order valence-corrected chi connectivity index (χ2v) is 8.99. The summed E-state index contributed by atoms with van der Waals surface area (Å²) in [4.78, 5) is 12.5. The lowest BCUT2D eigenvalue weighted by Gasteiger charge is -2.42. The Labute approximate surface area is 153 Å². The first-order valence-electron chi connectivity index (χ1n) is 8.15. The average Bonchev–Trinajstić information content (AvgIpc) is 2.54. The van der Waals surface area contributed by atoms with Gasteiger partial charge in [0, 0.05) is 23.8 Å². The zero-order valence-corrected chi connectivity index (χ0v) is 15.5. The molecule has 2 aromatic rings. The van der Waals surface area contributed by atoms with Gasteiger partial charge in [0.25, 0.3) is 5.91 Å². The van der Waals surface area contributed by atoms with Gasteiger partial charge in [0.15, 0.2) is 9.84 Å². The summed E-state index contributed by atoms with van der Waals surface area (Å²) in [7, 11) is -3.48. The Morgan fingerprint density at radius 3 is 2.40 bits per heavy atom. The van der Waals surface area contributed by atoms with Crippen molar-refractivity contribution in [1.29, 1.82) is 0 Å². The highest BCUT2D eigenvalue weighted by Gasteiger charge is 2.38. The van der Waals surface area contributed by atoms with Crippen LogP contribution in [0, 0.1) is 0 Å². The molecule has 0 radical (unpaired) electrons. The van der Waals surface area contributed by atoms with Crippen molar-refractivity contribution in [2.75, 3.05) is 12.8 Å². The fourth-order valence-electron chi connectivity index (χ4n) is 3.24. The predicted octanol–water partition coefficient (Wildman–Crippen LogP) is 3.60. The van der Waals surface area contributed by atoms with Gasteiger partial charge < -0.3 is 5.32 Å². The van der Waals surface area contributed by atoms with E-state index < -0.39 is 9.84 Å². The Morgan fingerprint density at radius 1 is 1.16 bits per heavy atom. The van der Waals surface area contributed by atoms with E-state index >= 15 is 0 Å². The molecule has 0 unspecified atom stereocenters. The maximum atomic E-state index is 12.5. The van der Waals surface area contributed by atoms with Gasteiger partial charge in [-0.3, -0.25) is 4.79 Å². The Hall–Kier alpha value is -1.85. The summed E-state index contributed by atoms with van der Waals surface area (Å²) in [6.45, 7) is 0.534. The van der Waals surface area contributed by atoms with Crippen LogP contribution in [-0.4, -0.2) is 27.1 Å². The van der Waals surface area contributed by atoms with E-state index in [0.717, 1.165) is 25.5 Å². The van der Waals surface area contributed by atoms with Crippen molar-refractivity contribution in [2.24, 2.45) is 0 Å². The highest BCUT2D eigenvalue weighted by atomic mass is 35.5. The molecule has 0 bridgehead atoms. The van der Waals surface area contributed by atoms with Crippen molar-refractivity contribution in [3.63, 3.8) is 0 Å². The maximum Gasteiger partial charge on any atom is 0.251 e. The van der Waals surface area contributed by atoms with Gasteiger partial charge in [0.1, 0.15) is 0 Å². The van der Waals surface area contributed by atoms with Crippen molar-refractivity contribution in [3.8, 4) is 0 Å². The normalized spacial score (nSPS) is 16.1. The lowest BCUT2D eigenvalue weighted by Crippen LogP contribution is -2.45. The van der Waals surface area contributed by atoms with E-state index in [-0.39, 0.29) is 21.2 Å². The van der Waals surface area contributed by atoms with Crippen LogP contribution in [0.25, 0.3) is 0 Å². The van der Waals surface area contributed by atoms with Crippen molar-refractivity contribution in [1.82, 2.24) is 5.32 Å². The number of carbonyl (C=O) groups excluding carboxylic acids is 1. The Bertz CT molecular complexity index is 890. The number of nitrogens with one attached hydrogen (secondary N) is 1. The maximum absolute atomic E-state index is 12.5. The molecule has 0 aliphatic heterocycles. The van der Waals surface area contributed by atoms with Crippen LogP contribution >= 0.6 is 11.6 Å². The summed E-state index contributed by atoms with van der Waals surface area (Å²) in [5.41, 5.74) is 1.50. The van der Waals surface area contributed by atoms with Gasteiger partial charge in [0.05, 0.1) is 9.92 Å². The molecule has 1 amide bonds. The molecule has 1 fully saturated rings. The topological polar surface area (TPSA) is 63.2 Å². The molecule has 1 aliphatic rings. The number of benzene rings is 2.